The first-order valence-electron chi connectivity index (χ1n) is 8.32. The van der Waals surface area contributed by atoms with E-state index in [0.717, 1.165) is 0 Å². The summed E-state index contributed by atoms with van der Waals surface area (Å²) in [4.78, 5) is 29.2. The zero-order valence-electron chi connectivity index (χ0n) is 14.6. The molecule has 0 fully saturated rings. The van der Waals surface area contributed by atoms with E-state index in [0.29, 0.717) is 23.6 Å². The molecule has 3 rings (SSSR count). The highest BCUT2D eigenvalue weighted by Gasteiger charge is 2.22. The Hall–Kier alpha value is -3.35. The summed E-state index contributed by atoms with van der Waals surface area (Å²) in [7, 11) is 0. The summed E-state index contributed by atoms with van der Waals surface area (Å²) < 4.78 is 12.1. The lowest BCUT2D eigenvalue weighted by Gasteiger charge is -2.09. The Morgan fingerprint density at radius 3 is 2.73 bits per heavy atom. The average molecular weight is 353 g/mol. The van der Waals surface area contributed by atoms with Gasteiger partial charge in [0.15, 0.2) is 11.5 Å². The molecule has 7 nitrogen and oxygen atoms in total. The highest BCUT2D eigenvalue weighted by molar-refractivity contribution is 6.07. The van der Waals surface area contributed by atoms with E-state index in [2.05, 4.69) is 10.3 Å². The van der Waals surface area contributed by atoms with Crippen LogP contribution in [-0.2, 0) is 4.74 Å². The van der Waals surface area contributed by atoms with Gasteiger partial charge in [-0.3, -0.25) is 9.20 Å². The van der Waals surface area contributed by atoms with Crippen LogP contribution in [0.4, 0.5) is 5.82 Å². The van der Waals surface area contributed by atoms with Crippen LogP contribution in [0.5, 0.6) is 5.75 Å². The number of benzene rings is 1. The van der Waals surface area contributed by atoms with E-state index in [9.17, 15) is 9.59 Å². The lowest BCUT2D eigenvalue weighted by molar-refractivity contribution is 0.0521. The number of hydrogen-bond donors (Lipinski definition) is 1. The molecule has 1 N–H and O–H groups in total. The van der Waals surface area contributed by atoms with Crippen molar-refractivity contribution in [1.82, 2.24) is 9.38 Å². The first kappa shape index (κ1) is 17.5. The molecule has 0 radical (unpaired) electrons. The Morgan fingerprint density at radius 2 is 1.96 bits per heavy atom. The predicted octanol–water partition coefficient (Wildman–Crippen LogP) is 3.16. The van der Waals surface area contributed by atoms with Gasteiger partial charge in [0.2, 0.25) is 0 Å². The minimum atomic E-state index is -0.588. The standard InChI is InChI=1S/C19H19N3O4/c1-3-25-14-9-7-8-13(12-14)18(23)21-17-16(19(24)26-4-2)20-15-10-5-6-11-22(15)17/h5-12H,3-4H2,1-2H3,(H,21,23). The van der Waals surface area contributed by atoms with E-state index in [1.807, 2.05) is 6.92 Å². The number of pyridine rings is 1. The summed E-state index contributed by atoms with van der Waals surface area (Å²) in [5, 5.41) is 2.76. The molecule has 3 aromatic rings. The molecule has 1 aromatic carbocycles. The van der Waals surface area contributed by atoms with Crippen LogP contribution in [0.1, 0.15) is 34.7 Å². The number of nitrogens with zero attached hydrogens (tertiary/aromatic N) is 2. The number of nitrogens with one attached hydrogen (secondary N) is 1. The van der Waals surface area contributed by atoms with Crippen molar-refractivity contribution < 1.29 is 19.1 Å². The summed E-state index contributed by atoms with van der Waals surface area (Å²) in [6, 6.07) is 12.2. The van der Waals surface area contributed by atoms with Gasteiger partial charge in [-0.2, -0.15) is 0 Å². The second-order valence-electron chi connectivity index (χ2n) is 5.37. The lowest BCUT2D eigenvalue weighted by Crippen LogP contribution is -2.17. The first-order chi connectivity index (χ1) is 12.6. The van der Waals surface area contributed by atoms with Gasteiger partial charge >= 0.3 is 5.97 Å². The number of rotatable bonds is 6. The number of carbonyl (C=O) groups is 2. The first-order valence-corrected chi connectivity index (χ1v) is 8.32. The third kappa shape index (κ3) is 3.51. The number of ether oxygens (including phenoxy) is 2. The van der Waals surface area contributed by atoms with Crippen molar-refractivity contribution in [1.29, 1.82) is 0 Å². The van der Waals surface area contributed by atoms with Crippen LogP contribution in [0.15, 0.2) is 48.7 Å². The molecule has 0 atom stereocenters. The smallest absolute Gasteiger partial charge is 0.360 e. The Balaban J connectivity index is 1.97. The molecule has 0 aliphatic heterocycles. The average Bonchev–Trinajstić information content (AvgIpc) is 3.01. The molecular weight excluding hydrogens is 334 g/mol. The summed E-state index contributed by atoms with van der Waals surface area (Å²) in [5.74, 6) is -0.0907. The fourth-order valence-electron chi connectivity index (χ4n) is 2.53. The summed E-state index contributed by atoms with van der Waals surface area (Å²) in [6.07, 6.45) is 1.72. The predicted molar refractivity (Wildman–Crippen MR) is 96.7 cm³/mol. The molecule has 0 saturated carbocycles. The van der Waals surface area contributed by atoms with Gasteiger partial charge in [0.05, 0.1) is 13.2 Å². The maximum atomic E-state index is 12.7. The minimum absolute atomic E-state index is 0.0624. The maximum Gasteiger partial charge on any atom is 0.360 e. The molecule has 2 aromatic heterocycles. The van der Waals surface area contributed by atoms with E-state index in [1.54, 1.807) is 60.0 Å². The molecule has 1 amide bonds. The molecule has 134 valence electrons. The van der Waals surface area contributed by atoms with Gasteiger partial charge in [0, 0.05) is 11.8 Å². The Labute approximate surface area is 150 Å². The van der Waals surface area contributed by atoms with Crippen molar-refractivity contribution in [2.24, 2.45) is 0 Å². The molecule has 0 aliphatic carbocycles. The maximum absolute atomic E-state index is 12.7. The molecule has 26 heavy (non-hydrogen) atoms. The summed E-state index contributed by atoms with van der Waals surface area (Å²) in [5.41, 5.74) is 1.01. The number of fused-ring (bicyclic) bond motifs is 1. The second kappa shape index (κ2) is 7.69. The van der Waals surface area contributed by atoms with E-state index >= 15 is 0 Å². The molecule has 0 bridgehead atoms. The van der Waals surface area contributed by atoms with Crippen molar-refractivity contribution in [3.63, 3.8) is 0 Å². The second-order valence-corrected chi connectivity index (χ2v) is 5.37. The van der Waals surface area contributed by atoms with Gasteiger partial charge in [-0.25, -0.2) is 9.78 Å². The van der Waals surface area contributed by atoms with Crippen molar-refractivity contribution in [3.8, 4) is 5.75 Å². The van der Waals surface area contributed by atoms with Gasteiger partial charge in [-0.15, -0.1) is 0 Å². The Morgan fingerprint density at radius 1 is 1.12 bits per heavy atom. The topological polar surface area (TPSA) is 81.9 Å². The third-order valence-electron chi connectivity index (χ3n) is 3.64. The van der Waals surface area contributed by atoms with Crippen molar-refractivity contribution in [2.75, 3.05) is 18.5 Å². The van der Waals surface area contributed by atoms with Crippen LogP contribution in [0.3, 0.4) is 0 Å². The highest BCUT2D eigenvalue weighted by atomic mass is 16.5. The van der Waals surface area contributed by atoms with Gasteiger partial charge in [-0.1, -0.05) is 12.1 Å². The molecule has 0 aliphatic rings. The van der Waals surface area contributed by atoms with Crippen molar-refractivity contribution in [3.05, 3.63) is 59.9 Å². The third-order valence-corrected chi connectivity index (χ3v) is 3.64. The quantitative estimate of drug-likeness (QED) is 0.689. The largest absolute Gasteiger partial charge is 0.494 e. The molecule has 7 heteroatoms. The SMILES string of the molecule is CCOC(=O)c1nc2ccccn2c1NC(=O)c1cccc(OCC)c1. The van der Waals surface area contributed by atoms with E-state index in [4.69, 9.17) is 9.47 Å². The van der Waals surface area contributed by atoms with Gasteiger partial charge < -0.3 is 14.8 Å². The van der Waals surface area contributed by atoms with Gasteiger partial charge in [0.25, 0.3) is 5.91 Å². The van der Waals surface area contributed by atoms with Crippen molar-refractivity contribution in [2.45, 2.75) is 13.8 Å². The zero-order valence-corrected chi connectivity index (χ0v) is 14.6. The molecule has 2 heterocycles. The fraction of sp³-hybridized carbons (Fsp3) is 0.211. The van der Waals surface area contributed by atoms with E-state index in [1.165, 1.54) is 0 Å². The van der Waals surface area contributed by atoms with E-state index in [-0.39, 0.29) is 24.0 Å². The fourth-order valence-corrected chi connectivity index (χ4v) is 2.53. The zero-order chi connectivity index (χ0) is 18.5. The number of imidazole rings is 1. The number of hydrogen-bond acceptors (Lipinski definition) is 5. The number of carbonyl (C=O) groups excluding carboxylic acids is 2. The molecule has 0 saturated heterocycles. The van der Waals surface area contributed by atoms with Gasteiger partial charge in [0.1, 0.15) is 11.4 Å². The normalized spacial score (nSPS) is 10.5. The number of anilines is 1. The van der Waals surface area contributed by atoms with Crippen LogP contribution < -0.4 is 10.1 Å². The number of amides is 1. The Kier molecular flexibility index (Phi) is 5.17. The Bertz CT molecular complexity index is 949. The summed E-state index contributed by atoms with van der Waals surface area (Å²) >= 11 is 0. The van der Waals surface area contributed by atoms with Crippen LogP contribution in [0, 0.1) is 0 Å². The van der Waals surface area contributed by atoms with Crippen molar-refractivity contribution >= 4 is 23.3 Å². The number of aromatic nitrogens is 2. The van der Waals surface area contributed by atoms with Gasteiger partial charge in [-0.05, 0) is 44.2 Å². The molecule has 0 spiro atoms. The minimum Gasteiger partial charge on any atom is -0.494 e. The lowest BCUT2D eigenvalue weighted by atomic mass is 10.2. The summed E-state index contributed by atoms with van der Waals surface area (Å²) in [6.45, 7) is 4.31. The monoisotopic (exact) mass is 353 g/mol. The highest BCUT2D eigenvalue weighted by Crippen LogP contribution is 2.21. The molecular formula is C19H19N3O4. The van der Waals surface area contributed by atoms with Crippen LogP contribution >= 0.6 is 0 Å². The van der Waals surface area contributed by atoms with E-state index < -0.39 is 5.97 Å². The number of esters is 1. The van der Waals surface area contributed by atoms with Crippen LogP contribution in [0.2, 0.25) is 0 Å². The molecule has 0 unspecified atom stereocenters. The van der Waals surface area contributed by atoms with Crippen LogP contribution in [0.25, 0.3) is 5.65 Å². The van der Waals surface area contributed by atoms with Crippen LogP contribution in [-0.4, -0.2) is 34.5 Å².